The van der Waals surface area contributed by atoms with Crippen molar-refractivity contribution in [1.29, 1.82) is 0 Å². The molecule has 0 fully saturated rings. The summed E-state index contributed by atoms with van der Waals surface area (Å²) in [6, 6.07) is 3.31. The first-order chi connectivity index (χ1) is 10.2. The topological polar surface area (TPSA) is 88.0 Å². The zero-order chi connectivity index (χ0) is 15.1. The molecule has 0 aliphatic rings. The van der Waals surface area contributed by atoms with Crippen LogP contribution in [0.3, 0.4) is 0 Å². The molecule has 2 heterocycles. The summed E-state index contributed by atoms with van der Waals surface area (Å²) in [5.41, 5.74) is 0.986. The number of hydrogen-bond acceptors (Lipinski definition) is 6. The second-order valence-electron chi connectivity index (χ2n) is 4.02. The maximum absolute atomic E-state index is 12.0. The van der Waals surface area contributed by atoms with E-state index in [0.29, 0.717) is 17.1 Å². The number of amides is 1. The molecule has 6 nitrogen and oxygen atoms in total. The molecule has 21 heavy (non-hydrogen) atoms. The third-order valence-corrected chi connectivity index (χ3v) is 3.44. The van der Waals surface area contributed by atoms with Crippen LogP contribution in [0.5, 0.6) is 0 Å². The Hall–Kier alpha value is -2.30. The third kappa shape index (κ3) is 4.34. The van der Waals surface area contributed by atoms with E-state index in [4.69, 9.17) is 5.11 Å². The van der Waals surface area contributed by atoms with Crippen LogP contribution in [0, 0.1) is 11.8 Å². The molecular weight excluding hydrogens is 288 g/mol. The van der Waals surface area contributed by atoms with Crippen molar-refractivity contribution in [3.8, 4) is 11.8 Å². The molecule has 2 rings (SSSR count). The Labute approximate surface area is 126 Å². The number of carbonyl (C=O) groups excluding carboxylic acids is 1. The van der Waals surface area contributed by atoms with Crippen LogP contribution < -0.4 is 5.32 Å². The van der Waals surface area contributed by atoms with E-state index in [-0.39, 0.29) is 18.2 Å². The van der Waals surface area contributed by atoms with E-state index >= 15 is 0 Å². The van der Waals surface area contributed by atoms with Crippen LogP contribution in [0.4, 0.5) is 5.13 Å². The maximum Gasteiger partial charge on any atom is 0.276 e. The van der Waals surface area contributed by atoms with Crippen molar-refractivity contribution < 1.29 is 9.90 Å². The van der Waals surface area contributed by atoms with E-state index < -0.39 is 0 Å². The summed E-state index contributed by atoms with van der Waals surface area (Å²) in [5.74, 6) is 5.31. The maximum atomic E-state index is 12.0. The van der Waals surface area contributed by atoms with Crippen LogP contribution >= 0.6 is 11.3 Å². The molecule has 0 unspecified atom stereocenters. The number of rotatable bonds is 4. The van der Waals surface area contributed by atoms with Crippen LogP contribution in [0.1, 0.15) is 34.4 Å². The lowest BCUT2D eigenvalue weighted by Crippen LogP contribution is -2.13. The second kappa shape index (κ2) is 7.47. The van der Waals surface area contributed by atoms with Gasteiger partial charge in [-0.1, -0.05) is 30.1 Å². The van der Waals surface area contributed by atoms with E-state index in [2.05, 4.69) is 32.3 Å². The first kappa shape index (κ1) is 15.1. The Kier molecular flexibility index (Phi) is 5.37. The number of aryl methyl sites for hydroxylation is 1. The highest BCUT2D eigenvalue weighted by molar-refractivity contribution is 7.15. The van der Waals surface area contributed by atoms with E-state index in [1.165, 1.54) is 17.5 Å². The molecular formula is C14H14N4O2S. The van der Waals surface area contributed by atoms with Crippen molar-refractivity contribution in [3.05, 3.63) is 34.6 Å². The lowest BCUT2D eigenvalue weighted by molar-refractivity contribution is 0.102. The number of nitrogens with one attached hydrogen (secondary N) is 1. The van der Waals surface area contributed by atoms with Gasteiger partial charge in [0.15, 0.2) is 0 Å². The predicted octanol–water partition coefficient (Wildman–Crippen LogP) is 1.48. The van der Waals surface area contributed by atoms with E-state index in [1.807, 2.05) is 6.92 Å². The van der Waals surface area contributed by atoms with Crippen LogP contribution in [-0.2, 0) is 6.42 Å². The quantitative estimate of drug-likeness (QED) is 0.835. The highest BCUT2D eigenvalue weighted by Gasteiger charge is 2.10. The van der Waals surface area contributed by atoms with Gasteiger partial charge in [0, 0.05) is 18.2 Å². The Morgan fingerprint density at radius 3 is 2.90 bits per heavy atom. The fourth-order valence-electron chi connectivity index (χ4n) is 1.43. The minimum atomic E-state index is -0.330. The van der Waals surface area contributed by atoms with Gasteiger partial charge in [-0.25, -0.2) is 4.98 Å². The third-order valence-electron chi connectivity index (χ3n) is 2.46. The normalized spacial score (nSPS) is 9.81. The second-order valence-corrected chi connectivity index (χ2v) is 5.08. The van der Waals surface area contributed by atoms with Gasteiger partial charge in [0.2, 0.25) is 5.13 Å². The first-order valence-electron chi connectivity index (χ1n) is 6.42. The number of anilines is 1. The molecule has 0 saturated carbocycles. The summed E-state index contributed by atoms with van der Waals surface area (Å²) in [6.07, 6.45) is 2.73. The van der Waals surface area contributed by atoms with Crippen LogP contribution in [0.15, 0.2) is 18.3 Å². The fraction of sp³-hybridized carbons (Fsp3) is 0.286. The molecule has 2 aromatic rings. The standard InChI is InChI=1S/C14H14N4O2S/c1-2-12-17-18-14(21-12)16-13(20)11-7-6-10(9-15-11)5-3-4-8-19/h6-7,9,19H,2,4,8H2,1H3,(H,16,18,20). The van der Waals surface area contributed by atoms with Gasteiger partial charge in [0.1, 0.15) is 10.7 Å². The zero-order valence-corrected chi connectivity index (χ0v) is 12.3. The number of aliphatic hydroxyl groups is 1. The van der Waals surface area contributed by atoms with Gasteiger partial charge in [0.05, 0.1) is 6.61 Å². The van der Waals surface area contributed by atoms with E-state index in [1.54, 1.807) is 12.1 Å². The van der Waals surface area contributed by atoms with Crippen LogP contribution in [-0.4, -0.2) is 32.8 Å². The van der Waals surface area contributed by atoms with Crippen molar-refractivity contribution in [1.82, 2.24) is 15.2 Å². The summed E-state index contributed by atoms with van der Waals surface area (Å²) in [6.45, 7) is 2.01. The molecule has 7 heteroatoms. The average molecular weight is 302 g/mol. The minimum Gasteiger partial charge on any atom is -0.395 e. The highest BCUT2D eigenvalue weighted by Crippen LogP contribution is 2.16. The van der Waals surface area contributed by atoms with Crippen molar-refractivity contribution >= 4 is 22.4 Å². The number of carbonyl (C=O) groups is 1. The lowest BCUT2D eigenvalue weighted by Gasteiger charge is -2.00. The van der Waals surface area contributed by atoms with Gasteiger partial charge in [-0.15, -0.1) is 10.2 Å². The number of pyridine rings is 1. The van der Waals surface area contributed by atoms with Crippen LogP contribution in [0.2, 0.25) is 0 Å². The molecule has 0 aromatic carbocycles. The monoisotopic (exact) mass is 302 g/mol. The molecule has 0 bridgehead atoms. The molecule has 0 radical (unpaired) electrons. The molecule has 2 N–H and O–H groups in total. The van der Waals surface area contributed by atoms with E-state index in [9.17, 15) is 4.79 Å². The lowest BCUT2D eigenvalue weighted by atomic mass is 10.2. The Bertz CT molecular complexity index is 670. The number of aliphatic hydroxyl groups excluding tert-OH is 1. The number of nitrogens with zero attached hydrogens (tertiary/aromatic N) is 3. The predicted molar refractivity (Wildman–Crippen MR) is 80.1 cm³/mol. The highest BCUT2D eigenvalue weighted by atomic mass is 32.1. The number of aromatic nitrogens is 3. The van der Waals surface area contributed by atoms with Gasteiger partial charge < -0.3 is 5.11 Å². The van der Waals surface area contributed by atoms with Gasteiger partial charge >= 0.3 is 0 Å². The molecule has 1 amide bonds. The Balaban J connectivity index is 2.01. The summed E-state index contributed by atoms with van der Waals surface area (Å²) >= 11 is 1.34. The zero-order valence-electron chi connectivity index (χ0n) is 11.5. The first-order valence-corrected chi connectivity index (χ1v) is 7.24. The SMILES string of the molecule is CCc1nnc(NC(=O)c2ccc(C#CCCO)cn2)s1. The Morgan fingerprint density at radius 2 is 2.29 bits per heavy atom. The molecule has 0 spiro atoms. The van der Waals surface area contributed by atoms with Crippen molar-refractivity contribution in [3.63, 3.8) is 0 Å². The largest absolute Gasteiger partial charge is 0.395 e. The summed E-state index contributed by atoms with van der Waals surface area (Å²) < 4.78 is 0. The summed E-state index contributed by atoms with van der Waals surface area (Å²) in [5, 5.41) is 20.4. The van der Waals surface area contributed by atoms with Crippen LogP contribution in [0.25, 0.3) is 0 Å². The van der Waals surface area contributed by atoms with Crippen molar-refractivity contribution in [2.45, 2.75) is 19.8 Å². The van der Waals surface area contributed by atoms with E-state index in [0.717, 1.165) is 11.4 Å². The summed E-state index contributed by atoms with van der Waals surface area (Å²) in [4.78, 5) is 16.0. The molecule has 0 aliphatic heterocycles. The van der Waals surface area contributed by atoms with Gasteiger partial charge in [-0.05, 0) is 18.6 Å². The Morgan fingerprint density at radius 1 is 1.43 bits per heavy atom. The molecule has 108 valence electrons. The molecule has 0 atom stereocenters. The van der Waals surface area contributed by atoms with Gasteiger partial charge in [-0.3, -0.25) is 10.1 Å². The molecule has 0 saturated heterocycles. The smallest absolute Gasteiger partial charge is 0.276 e. The summed E-state index contributed by atoms with van der Waals surface area (Å²) in [7, 11) is 0. The number of hydrogen-bond donors (Lipinski definition) is 2. The van der Waals surface area contributed by atoms with Gasteiger partial charge in [0.25, 0.3) is 5.91 Å². The average Bonchev–Trinajstić information content (AvgIpc) is 2.96. The fourth-order valence-corrected chi connectivity index (χ4v) is 2.11. The molecule has 2 aromatic heterocycles. The minimum absolute atomic E-state index is 0.0303. The van der Waals surface area contributed by atoms with Crippen molar-refractivity contribution in [2.75, 3.05) is 11.9 Å². The molecule has 0 aliphatic carbocycles. The van der Waals surface area contributed by atoms with Crippen molar-refractivity contribution in [2.24, 2.45) is 0 Å². The van der Waals surface area contributed by atoms with Gasteiger partial charge in [-0.2, -0.15) is 0 Å².